The standard InChI is InChI=1S/C15H20FN3O/c16-15-11(8-17)2-1-3-12(15)9-18-6-7-19-13(10-18)4-5-14(19)20/h1-3,13H,4-10,17H2. The van der Waals surface area contributed by atoms with Gasteiger partial charge in [-0.2, -0.15) is 0 Å². The van der Waals surface area contributed by atoms with Gasteiger partial charge in [-0.15, -0.1) is 0 Å². The lowest BCUT2D eigenvalue weighted by Gasteiger charge is -2.37. The first-order valence-corrected chi connectivity index (χ1v) is 7.17. The van der Waals surface area contributed by atoms with Crippen molar-refractivity contribution < 1.29 is 9.18 Å². The molecule has 2 fully saturated rings. The highest BCUT2D eigenvalue weighted by Gasteiger charge is 2.35. The maximum absolute atomic E-state index is 14.2. The van der Waals surface area contributed by atoms with Crippen LogP contribution in [-0.4, -0.2) is 41.4 Å². The smallest absolute Gasteiger partial charge is 0.222 e. The van der Waals surface area contributed by atoms with Gasteiger partial charge in [-0.1, -0.05) is 18.2 Å². The fourth-order valence-electron chi connectivity index (χ4n) is 3.23. The molecular weight excluding hydrogens is 257 g/mol. The Balaban J connectivity index is 1.69. The van der Waals surface area contributed by atoms with E-state index in [1.165, 1.54) is 0 Å². The molecule has 2 N–H and O–H groups in total. The molecule has 0 spiro atoms. The highest BCUT2D eigenvalue weighted by Crippen LogP contribution is 2.24. The molecular formula is C15H20FN3O. The maximum atomic E-state index is 14.2. The number of amides is 1. The van der Waals surface area contributed by atoms with Gasteiger partial charge in [0.25, 0.3) is 0 Å². The Kier molecular flexibility index (Phi) is 3.72. The Morgan fingerprint density at radius 3 is 2.90 bits per heavy atom. The monoisotopic (exact) mass is 277 g/mol. The predicted molar refractivity (Wildman–Crippen MR) is 74.3 cm³/mol. The number of carbonyl (C=O) groups excluding carboxylic acids is 1. The number of piperazine rings is 1. The van der Waals surface area contributed by atoms with Gasteiger partial charge in [-0.3, -0.25) is 9.69 Å². The topological polar surface area (TPSA) is 49.6 Å². The maximum Gasteiger partial charge on any atom is 0.222 e. The number of halogens is 1. The molecule has 5 heteroatoms. The van der Waals surface area contributed by atoms with E-state index < -0.39 is 0 Å². The summed E-state index contributed by atoms with van der Waals surface area (Å²) in [6, 6.07) is 5.72. The van der Waals surface area contributed by atoms with Gasteiger partial charge in [0.2, 0.25) is 5.91 Å². The van der Waals surface area contributed by atoms with Gasteiger partial charge in [0.1, 0.15) is 5.82 Å². The first kappa shape index (κ1) is 13.5. The van der Waals surface area contributed by atoms with Crippen molar-refractivity contribution in [1.29, 1.82) is 0 Å². The van der Waals surface area contributed by atoms with E-state index >= 15 is 0 Å². The molecule has 1 atom stereocenters. The minimum absolute atomic E-state index is 0.181. The minimum atomic E-state index is -0.181. The zero-order chi connectivity index (χ0) is 14.1. The van der Waals surface area contributed by atoms with Crippen LogP contribution in [0.3, 0.4) is 0 Å². The Morgan fingerprint density at radius 1 is 1.30 bits per heavy atom. The number of hydrogen-bond acceptors (Lipinski definition) is 3. The molecule has 2 saturated heterocycles. The van der Waals surface area contributed by atoms with E-state index in [0.29, 0.717) is 30.1 Å². The molecule has 0 aliphatic carbocycles. The summed E-state index contributed by atoms with van der Waals surface area (Å²) in [6.45, 7) is 3.25. The fraction of sp³-hybridized carbons (Fsp3) is 0.533. The second kappa shape index (κ2) is 5.50. The molecule has 2 heterocycles. The van der Waals surface area contributed by atoms with Crippen molar-refractivity contribution in [1.82, 2.24) is 9.80 Å². The van der Waals surface area contributed by atoms with E-state index in [-0.39, 0.29) is 18.3 Å². The third kappa shape index (κ3) is 2.43. The van der Waals surface area contributed by atoms with Crippen molar-refractivity contribution >= 4 is 5.91 Å². The highest BCUT2D eigenvalue weighted by molar-refractivity contribution is 5.78. The van der Waals surface area contributed by atoms with E-state index in [1.54, 1.807) is 6.07 Å². The molecule has 1 aromatic carbocycles. The molecule has 1 aromatic rings. The van der Waals surface area contributed by atoms with Gasteiger partial charge in [-0.25, -0.2) is 4.39 Å². The van der Waals surface area contributed by atoms with Crippen molar-refractivity contribution in [3.8, 4) is 0 Å². The SMILES string of the molecule is NCc1cccc(CN2CCN3C(=O)CCC3C2)c1F. The fourth-order valence-corrected chi connectivity index (χ4v) is 3.23. The number of benzene rings is 1. The molecule has 0 bridgehead atoms. The van der Waals surface area contributed by atoms with Crippen LogP contribution < -0.4 is 5.73 Å². The molecule has 2 aliphatic heterocycles. The third-order valence-electron chi connectivity index (χ3n) is 4.35. The lowest BCUT2D eigenvalue weighted by atomic mass is 10.1. The summed E-state index contributed by atoms with van der Waals surface area (Å²) >= 11 is 0. The molecule has 2 aliphatic rings. The van der Waals surface area contributed by atoms with Crippen LogP contribution in [0, 0.1) is 5.82 Å². The number of carbonyl (C=O) groups is 1. The molecule has 3 rings (SSSR count). The Bertz CT molecular complexity index is 520. The van der Waals surface area contributed by atoms with Gasteiger partial charge in [-0.05, 0) is 6.42 Å². The van der Waals surface area contributed by atoms with Crippen LogP contribution in [0.25, 0.3) is 0 Å². The zero-order valence-electron chi connectivity index (χ0n) is 11.5. The van der Waals surface area contributed by atoms with Crippen LogP contribution >= 0.6 is 0 Å². The second-order valence-electron chi connectivity index (χ2n) is 5.61. The van der Waals surface area contributed by atoms with Gasteiger partial charge < -0.3 is 10.6 Å². The summed E-state index contributed by atoms with van der Waals surface area (Å²) in [5.41, 5.74) is 6.81. The first-order chi connectivity index (χ1) is 9.69. The average molecular weight is 277 g/mol. The summed E-state index contributed by atoms with van der Waals surface area (Å²) in [5.74, 6) is 0.0888. The van der Waals surface area contributed by atoms with Crippen LogP contribution in [0.5, 0.6) is 0 Å². The molecule has 4 nitrogen and oxygen atoms in total. The Labute approximate surface area is 118 Å². The second-order valence-corrected chi connectivity index (χ2v) is 5.61. The molecule has 0 saturated carbocycles. The predicted octanol–water partition coefficient (Wildman–Crippen LogP) is 1.09. The lowest BCUT2D eigenvalue weighted by molar-refractivity contribution is -0.130. The van der Waals surface area contributed by atoms with E-state index in [1.807, 2.05) is 17.0 Å². The van der Waals surface area contributed by atoms with E-state index in [9.17, 15) is 9.18 Å². The van der Waals surface area contributed by atoms with Gasteiger partial charge >= 0.3 is 0 Å². The van der Waals surface area contributed by atoms with Gasteiger partial charge in [0.05, 0.1) is 0 Å². The summed E-state index contributed by atoms with van der Waals surface area (Å²) in [6.07, 6.45) is 1.59. The quantitative estimate of drug-likeness (QED) is 0.900. The van der Waals surface area contributed by atoms with E-state index in [0.717, 1.165) is 26.1 Å². The lowest BCUT2D eigenvalue weighted by Crippen LogP contribution is -2.51. The summed E-state index contributed by atoms with van der Waals surface area (Å²) in [7, 11) is 0. The molecule has 0 radical (unpaired) electrons. The minimum Gasteiger partial charge on any atom is -0.337 e. The number of rotatable bonds is 3. The molecule has 1 unspecified atom stereocenters. The van der Waals surface area contributed by atoms with Gasteiger partial charge in [0.15, 0.2) is 0 Å². The number of fused-ring (bicyclic) bond motifs is 1. The largest absolute Gasteiger partial charge is 0.337 e. The summed E-state index contributed by atoms with van der Waals surface area (Å²) in [4.78, 5) is 15.9. The van der Waals surface area contributed by atoms with Crippen LogP contribution in [0.15, 0.2) is 18.2 Å². The van der Waals surface area contributed by atoms with Crippen LogP contribution in [0.4, 0.5) is 4.39 Å². The number of nitrogens with two attached hydrogens (primary N) is 1. The summed E-state index contributed by atoms with van der Waals surface area (Å²) in [5, 5.41) is 0. The van der Waals surface area contributed by atoms with Crippen LogP contribution in [0.1, 0.15) is 24.0 Å². The Hall–Kier alpha value is -1.46. The van der Waals surface area contributed by atoms with E-state index in [2.05, 4.69) is 4.90 Å². The normalized spacial score (nSPS) is 23.2. The molecule has 20 heavy (non-hydrogen) atoms. The highest BCUT2D eigenvalue weighted by atomic mass is 19.1. The molecule has 0 aromatic heterocycles. The van der Waals surface area contributed by atoms with Crippen molar-refractivity contribution in [2.24, 2.45) is 5.73 Å². The van der Waals surface area contributed by atoms with Crippen molar-refractivity contribution in [2.45, 2.75) is 32.0 Å². The van der Waals surface area contributed by atoms with Crippen molar-refractivity contribution in [3.05, 3.63) is 35.1 Å². The van der Waals surface area contributed by atoms with Crippen molar-refractivity contribution in [2.75, 3.05) is 19.6 Å². The number of nitrogens with zero attached hydrogens (tertiary/aromatic N) is 2. The van der Waals surface area contributed by atoms with Gasteiger partial charge in [0, 0.05) is 56.3 Å². The van der Waals surface area contributed by atoms with E-state index in [4.69, 9.17) is 5.73 Å². The Morgan fingerprint density at radius 2 is 2.10 bits per heavy atom. The molecule has 1 amide bonds. The third-order valence-corrected chi connectivity index (χ3v) is 4.35. The van der Waals surface area contributed by atoms with Crippen LogP contribution in [-0.2, 0) is 17.9 Å². The first-order valence-electron chi connectivity index (χ1n) is 7.17. The van der Waals surface area contributed by atoms with Crippen LogP contribution in [0.2, 0.25) is 0 Å². The summed E-state index contributed by atoms with van der Waals surface area (Å²) < 4.78 is 14.2. The average Bonchev–Trinajstić information content (AvgIpc) is 2.82. The number of hydrogen-bond donors (Lipinski definition) is 1. The van der Waals surface area contributed by atoms with Crippen molar-refractivity contribution in [3.63, 3.8) is 0 Å². The molecule has 108 valence electrons. The zero-order valence-corrected chi connectivity index (χ0v) is 11.5.